The maximum Gasteiger partial charge on any atom is 0.337 e. The average molecular weight is 254 g/mol. The van der Waals surface area contributed by atoms with Gasteiger partial charge in [0.2, 0.25) is 5.90 Å². The van der Waals surface area contributed by atoms with Gasteiger partial charge in [0.25, 0.3) is 0 Å². The molecule has 0 fully saturated rings. The first-order valence-corrected chi connectivity index (χ1v) is 5.01. The highest BCUT2D eigenvalue weighted by atomic mass is 79.9. The fourth-order valence-corrected chi connectivity index (χ4v) is 1.59. The van der Waals surface area contributed by atoms with Gasteiger partial charge in [0.1, 0.15) is 6.04 Å². The van der Waals surface area contributed by atoms with E-state index in [-0.39, 0.29) is 12.0 Å². The van der Waals surface area contributed by atoms with Gasteiger partial charge in [-0.05, 0) is 25.1 Å². The molecule has 0 spiro atoms. The average Bonchev–Trinajstić information content (AvgIpc) is 2.47. The maximum atomic E-state index is 11.1. The van der Waals surface area contributed by atoms with E-state index in [0.29, 0.717) is 5.90 Å². The van der Waals surface area contributed by atoms with Gasteiger partial charge in [-0.25, -0.2) is 9.79 Å². The molecule has 4 heteroatoms. The SMILES string of the molecule is CC1N=C(c2cccc(Br)c2)OC1=O. The first-order valence-electron chi connectivity index (χ1n) is 4.22. The summed E-state index contributed by atoms with van der Waals surface area (Å²) in [5.74, 6) is 0.115. The van der Waals surface area contributed by atoms with Crippen LogP contribution in [0.25, 0.3) is 0 Å². The van der Waals surface area contributed by atoms with Crippen LogP contribution in [0.15, 0.2) is 33.7 Å². The van der Waals surface area contributed by atoms with Gasteiger partial charge in [-0.1, -0.05) is 22.0 Å². The Labute approximate surface area is 89.9 Å². The monoisotopic (exact) mass is 253 g/mol. The summed E-state index contributed by atoms with van der Waals surface area (Å²) in [6, 6.07) is 7.12. The first kappa shape index (κ1) is 9.40. The molecule has 1 aliphatic rings. The number of esters is 1. The number of hydrogen-bond donors (Lipinski definition) is 0. The highest BCUT2D eigenvalue weighted by Gasteiger charge is 2.25. The number of cyclic esters (lactones) is 1. The van der Waals surface area contributed by atoms with Crippen LogP contribution in [-0.2, 0) is 9.53 Å². The Bertz CT molecular complexity index is 414. The lowest BCUT2D eigenvalue weighted by Crippen LogP contribution is -2.10. The van der Waals surface area contributed by atoms with Crippen molar-refractivity contribution in [3.05, 3.63) is 34.3 Å². The van der Waals surface area contributed by atoms with Crippen LogP contribution in [0.3, 0.4) is 0 Å². The number of halogens is 1. The summed E-state index contributed by atoms with van der Waals surface area (Å²) < 4.78 is 5.94. The predicted octanol–water partition coefficient (Wildman–Crippen LogP) is 2.14. The number of hydrogen-bond acceptors (Lipinski definition) is 3. The molecule has 0 saturated heterocycles. The van der Waals surface area contributed by atoms with Crippen LogP contribution in [-0.4, -0.2) is 17.9 Å². The van der Waals surface area contributed by atoms with Gasteiger partial charge in [-0.15, -0.1) is 0 Å². The highest BCUT2D eigenvalue weighted by Crippen LogP contribution is 2.17. The standard InChI is InChI=1S/C10H8BrNO2/c1-6-10(13)14-9(12-6)7-3-2-4-8(11)5-7/h2-6H,1H3. The molecule has 0 aliphatic carbocycles. The third-order valence-corrected chi connectivity index (χ3v) is 2.41. The third kappa shape index (κ3) is 1.70. The van der Waals surface area contributed by atoms with E-state index in [1.807, 2.05) is 24.3 Å². The van der Waals surface area contributed by atoms with Crippen molar-refractivity contribution in [2.24, 2.45) is 4.99 Å². The lowest BCUT2D eigenvalue weighted by atomic mass is 10.2. The molecule has 0 aromatic heterocycles. The third-order valence-electron chi connectivity index (χ3n) is 1.92. The molecule has 3 nitrogen and oxygen atoms in total. The molecule has 0 saturated carbocycles. The summed E-state index contributed by atoms with van der Waals surface area (Å²) in [6.45, 7) is 1.72. The van der Waals surface area contributed by atoms with Crippen molar-refractivity contribution in [2.75, 3.05) is 0 Å². The Morgan fingerprint density at radius 2 is 2.29 bits per heavy atom. The van der Waals surface area contributed by atoms with Crippen LogP contribution in [0.2, 0.25) is 0 Å². The Kier molecular flexibility index (Phi) is 2.37. The second kappa shape index (κ2) is 3.53. The van der Waals surface area contributed by atoms with Crippen molar-refractivity contribution in [2.45, 2.75) is 13.0 Å². The summed E-state index contributed by atoms with van der Waals surface area (Å²) in [5.41, 5.74) is 0.817. The van der Waals surface area contributed by atoms with E-state index in [4.69, 9.17) is 4.74 Å². The number of carbonyl (C=O) groups excluding carboxylic acids is 1. The van der Waals surface area contributed by atoms with E-state index < -0.39 is 0 Å². The first-order chi connectivity index (χ1) is 6.66. The highest BCUT2D eigenvalue weighted by molar-refractivity contribution is 9.10. The quantitative estimate of drug-likeness (QED) is 0.720. The Hall–Kier alpha value is -1.16. The Morgan fingerprint density at radius 3 is 2.86 bits per heavy atom. The summed E-state index contributed by atoms with van der Waals surface area (Å²) in [7, 11) is 0. The van der Waals surface area contributed by atoms with Crippen molar-refractivity contribution < 1.29 is 9.53 Å². The molecule has 72 valence electrons. The number of ether oxygens (including phenoxy) is 1. The minimum absolute atomic E-state index is 0.292. The second-order valence-electron chi connectivity index (χ2n) is 3.04. The van der Waals surface area contributed by atoms with Crippen LogP contribution >= 0.6 is 15.9 Å². The molecule has 1 aromatic carbocycles. The van der Waals surface area contributed by atoms with Crippen molar-refractivity contribution in [1.29, 1.82) is 0 Å². The topological polar surface area (TPSA) is 38.7 Å². The van der Waals surface area contributed by atoms with Gasteiger partial charge in [0, 0.05) is 10.0 Å². The van der Waals surface area contributed by atoms with Gasteiger partial charge in [0.05, 0.1) is 0 Å². The van der Waals surface area contributed by atoms with Crippen molar-refractivity contribution in [1.82, 2.24) is 0 Å². The molecular formula is C10H8BrNO2. The van der Waals surface area contributed by atoms with E-state index >= 15 is 0 Å². The second-order valence-corrected chi connectivity index (χ2v) is 3.96. The molecule has 0 radical (unpaired) electrons. The van der Waals surface area contributed by atoms with Crippen molar-refractivity contribution >= 4 is 27.8 Å². The maximum absolute atomic E-state index is 11.1. The van der Waals surface area contributed by atoms with Crippen LogP contribution in [0.5, 0.6) is 0 Å². The predicted molar refractivity (Wildman–Crippen MR) is 56.2 cm³/mol. The van der Waals surface area contributed by atoms with Crippen molar-refractivity contribution in [3.63, 3.8) is 0 Å². The van der Waals surface area contributed by atoms with E-state index in [1.54, 1.807) is 6.92 Å². The smallest absolute Gasteiger partial charge is 0.337 e. The largest absolute Gasteiger partial charge is 0.406 e. The van der Waals surface area contributed by atoms with E-state index in [1.165, 1.54) is 0 Å². The fourth-order valence-electron chi connectivity index (χ4n) is 1.19. The molecule has 2 rings (SSSR count). The van der Waals surface area contributed by atoms with Crippen LogP contribution in [0.4, 0.5) is 0 Å². The molecule has 0 N–H and O–H groups in total. The molecule has 1 unspecified atom stereocenters. The molecule has 1 heterocycles. The van der Waals surface area contributed by atoms with Gasteiger partial charge in [-0.2, -0.15) is 0 Å². The zero-order chi connectivity index (χ0) is 10.1. The van der Waals surface area contributed by atoms with Crippen LogP contribution < -0.4 is 0 Å². The molecule has 1 aromatic rings. The molecule has 14 heavy (non-hydrogen) atoms. The van der Waals surface area contributed by atoms with E-state index in [9.17, 15) is 4.79 Å². The van der Waals surface area contributed by atoms with Gasteiger partial charge in [0.15, 0.2) is 0 Å². The zero-order valence-corrected chi connectivity index (χ0v) is 9.11. The lowest BCUT2D eigenvalue weighted by molar-refractivity contribution is -0.134. The summed E-state index contributed by atoms with van der Waals surface area (Å²) in [6.07, 6.45) is 0. The van der Waals surface area contributed by atoms with E-state index in [2.05, 4.69) is 20.9 Å². The number of benzene rings is 1. The molecule has 1 atom stereocenters. The van der Waals surface area contributed by atoms with Gasteiger partial charge in [-0.3, -0.25) is 0 Å². The number of rotatable bonds is 1. The van der Waals surface area contributed by atoms with E-state index in [0.717, 1.165) is 10.0 Å². The fraction of sp³-hybridized carbons (Fsp3) is 0.200. The van der Waals surface area contributed by atoms with Gasteiger partial charge < -0.3 is 4.74 Å². The van der Waals surface area contributed by atoms with Crippen LogP contribution in [0, 0.1) is 0 Å². The number of carbonyl (C=O) groups is 1. The number of aliphatic imine (C=N–C) groups is 1. The summed E-state index contributed by atoms with van der Waals surface area (Å²) in [4.78, 5) is 15.2. The minimum atomic E-state index is -0.385. The minimum Gasteiger partial charge on any atom is -0.406 e. The molecule has 0 bridgehead atoms. The normalized spacial score (nSPS) is 20.6. The Balaban J connectivity index is 2.33. The molecular weight excluding hydrogens is 246 g/mol. The lowest BCUT2D eigenvalue weighted by Gasteiger charge is -1.99. The van der Waals surface area contributed by atoms with Gasteiger partial charge >= 0.3 is 5.97 Å². The molecule has 1 aliphatic heterocycles. The zero-order valence-electron chi connectivity index (χ0n) is 7.53. The Morgan fingerprint density at radius 1 is 1.50 bits per heavy atom. The van der Waals surface area contributed by atoms with Crippen LogP contribution in [0.1, 0.15) is 12.5 Å². The summed E-state index contributed by atoms with van der Waals surface area (Å²) >= 11 is 3.34. The van der Waals surface area contributed by atoms with Crippen molar-refractivity contribution in [3.8, 4) is 0 Å². The summed E-state index contributed by atoms with van der Waals surface area (Å²) in [5, 5.41) is 0. The molecule has 0 amide bonds. The number of nitrogens with zero attached hydrogens (tertiary/aromatic N) is 1.